The summed E-state index contributed by atoms with van der Waals surface area (Å²) in [5.74, 6) is 0.926. The first-order valence-corrected chi connectivity index (χ1v) is 7.06. The van der Waals surface area contributed by atoms with Gasteiger partial charge in [-0.25, -0.2) is 4.98 Å². The SMILES string of the molecule is NCC1(c2ccc3nc(-c4ccccc4)[nH]c3c2)CC1. The van der Waals surface area contributed by atoms with Gasteiger partial charge < -0.3 is 10.7 Å². The molecule has 100 valence electrons. The molecule has 0 amide bonds. The molecule has 2 aromatic carbocycles. The first kappa shape index (κ1) is 11.7. The van der Waals surface area contributed by atoms with Crippen molar-refractivity contribution >= 4 is 11.0 Å². The smallest absolute Gasteiger partial charge is 0.138 e. The van der Waals surface area contributed by atoms with E-state index in [1.807, 2.05) is 18.2 Å². The summed E-state index contributed by atoms with van der Waals surface area (Å²) in [7, 11) is 0. The second-order valence-electron chi connectivity index (χ2n) is 5.67. The molecule has 1 saturated carbocycles. The number of aromatic nitrogens is 2. The Morgan fingerprint density at radius 1 is 1.10 bits per heavy atom. The molecular weight excluding hydrogens is 246 g/mol. The number of nitrogens with zero attached hydrogens (tertiary/aromatic N) is 1. The Bertz CT molecular complexity index is 754. The lowest BCUT2D eigenvalue weighted by Gasteiger charge is -2.12. The first-order valence-electron chi connectivity index (χ1n) is 7.06. The number of nitrogens with two attached hydrogens (primary N) is 1. The standard InChI is InChI=1S/C17H17N3/c18-11-17(8-9-17)13-6-7-14-15(10-13)20-16(19-14)12-4-2-1-3-5-12/h1-7,10H,8-9,11,18H2,(H,19,20). The molecule has 3 nitrogen and oxygen atoms in total. The molecular formula is C17H17N3. The van der Waals surface area contributed by atoms with Crippen LogP contribution in [0.5, 0.6) is 0 Å². The zero-order chi connectivity index (χ0) is 13.6. The molecule has 1 aliphatic carbocycles. The third-order valence-corrected chi connectivity index (χ3v) is 4.39. The molecule has 4 rings (SSSR count). The predicted molar refractivity (Wildman–Crippen MR) is 81.5 cm³/mol. The highest BCUT2D eigenvalue weighted by molar-refractivity contribution is 5.80. The number of benzene rings is 2. The summed E-state index contributed by atoms with van der Waals surface area (Å²) in [6, 6.07) is 16.7. The minimum atomic E-state index is 0.228. The molecule has 0 aliphatic heterocycles. The van der Waals surface area contributed by atoms with Crippen LogP contribution in [0.1, 0.15) is 18.4 Å². The minimum Gasteiger partial charge on any atom is -0.338 e. The fourth-order valence-electron chi connectivity index (χ4n) is 2.83. The third kappa shape index (κ3) is 1.74. The van der Waals surface area contributed by atoms with E-state index in [1.54, 1.807) is 0 Å². The highest BCUT2D eigenvalue weighted by atomic mass is 14.9. The van der Waals surface area contributed by atoms with Gasteiger partial charge in [-0.05, 0) is 30.5 Å². The van der Waals surface area contributed by atoms with Crippen LogP contribution >= 0.6 is 0 Å². The molecule has 0 unspecified atom stereocenters. The van der Waals surface area contributed by atoms with Crippen LogP contribution < -0.4 is 5.73 Å². The summed E-state index contributed by atoms with van der Waals surface area (Å²) in [5.41, 5.74) is 10.7. The fourth-order valence-corrected chi connectivity index (χ4v) is 2.83. The largest absolute Gasteiger partial charge is 0.338 e. The maximum atomic E-state index is 5.92. The topological polar surface area (TPSA) is 54.7 Å². The monoisotopic (exact) mass is 263 g/mol. The number of hydrogen-bond donors (Lipinski definition) is 2. The van der Waals surface area contributed by atoms with Crippen molar-refractivity contribution in [3.8, 4) is 11.4 Å². The van der Waals surface area contributed by atoms with E-state index in [9.17, 15) is 0 Å². The van der Waals surface area contributed by atoms with Crippen molar-refractivity contribution in [1.29, 1.82) is 0 Å². The number of H-pyrrole nitrogens is 1. The summed E-state index contributed by atoms with van der Waals surface area (Å²) < 4.78 is 0. The number of imidazole rings is 1. The zero-order valence-corrected chi connectivity index (χ0v) is 11.3. The second kappa shape index (κ2) is 4.18. The van der Waals surface area contributed by atoms with E-state index in [2.05, 4.69) is 40.3 Å². The summed E-state index contributed by atoms with van der Waals surface area (Å²) in [6.07, 6.45) is 2.41. The van der Waals surface area contributed by atoms with Crippen molar-refractivity contribution in [3.05, 3.63) is 54.1 Å². The molecule has 0 radical (unpaired) electrons. The van der Waals surface area contributed by atoms with E-state index < -0.39 is 0 Å². The molecule has 0 saturated heterocycles. The first-order chi connectivity index (χ1) is 9.81. The van der Waals surface area contributed by atoms with Gasteiger partial charge in [0.05, 0.1) is 11.0 Å². The van der Waals surface area contributed by atoms with Crippen LogP contribution in [0, 0.1) is 0 Å². The maximum absolute atomic E-state index is 5.92. The number of fused-ring (bicyclic) bond motifs is 1. The molecule has 3 aromatic rings. The number of hydrogen-bond acceptors (Lipinski definition) is 2. The lowest BCUT2D eigenvalue weighted by Crippen LogP contribution is -2.19. The molecule has 3 N–H and O–H groups in total. The summed E-state index contributed by atoms with van der Waals surface area (Å²) >= 11 is 0. The zero-order valence-electron chi connectivity index (χ0n) is 11.3. The van der Waals surface area contributed by atoms with Gasteiger partial charge in [-0.1, -0.05) is 36.4 Å². The van der Waals surface area contributed by atoms with E-state index in [0.717, 1.165) is 29.0 Å². The Kier molecular flexibility index (Phi) is 2.44. The van der Waals surface area contributed by atoms with E-state index in [-0.39, 0.29) is 5.41 Å². The van der Waals surface area contributed by atoms with Gasteiger partial charge >= 0.3 is 0 Å². The van der Waals surface area contributed by atoms with Crippen LogP contribution in [0.4, 0.5) is 0 Å². The van der Waals surface area contributed by atoms with Crippen LogP contribution in [0.3, 0.4) is 0 Å². The van der Waals surface area contributed by atoms with Gasteiger partial charge in [-0.15, -0.1) is 0 Å². The Balaban J connectivity index is 1.80. The number of aromatic amines is 1. The minimum absolute atomic E-state index is 0.228. The highest BCUT2D eigenvalue weighted by Crippen LogP contribution is 2.47. The van der Waals surface area contributed by atoms with E-state index in [0.29, 0.717) is 0 Å². The van der Waals surface area contributed by atoms with Crippen molar-refractivity contribution in [2.24, 2.45) is 5.73 Å². The van der Waals surface area contributed by atoms with Crippen molar-refractivity contribution < 1.29 is 0 Å². The van der Waals surface area contributed by atoms with E-state index in [4.69, 9.17) is 5.73 Å². The van der Waals surface area contributed by atoms with Gasteiger partial charge in [-0.2, -0.15) is 0 Å². The van der Waals surface area contributed by atoms with E-state index in [1.165, 1.54) is 18.4 Å². The average molecular weight is 263 g/mol. The maximum Gasteiger partial charge on any atom is 0.138 e. The molecule has 3 heteroatoms. The van der Waals surface area contributed by atoms with Crippen LogP contribution in [-0.4, -0.2) is 16.5 Å². The molecule has 0 spiro atoms. The molecule has 1 fully saturated rings. The Labute approximate surface area is 117 Å². The normalized spacial score (nSPS) is 16.4. The van der Waals surface area contributed by atoms with Gasteiger partial charge in [-0.3, -0.25) is 0 Å². The number of rotatable bonds is 3. The molecule has 1 aromatic heterocycles. The lowest BCUT2D eigenvalue weighted by atomic mass is 9.96. The Morgan fingerprint density at radius 3 is 2.60 bits per heavy atom. The van der Waals surface area contributed by atoms with Gasteiger partial charge in [0.2, 0.25) is 0 Å². The van der Waals surface area contributed by atoms with Crippen LogP contribution in [0.25, 0.3) is 22.4 Å². The molecule has 0 atom stereocenters. The van der Waals surface area contributed by atoms with Crippen molar-refractivity contribution in [2.75, 3.05) is 6.54 Å². The van der Waals surface area contributed by atoms with Crippen molar-refractivity contribution in [1.82, 2.24) is 9.97 Å². The van der Waals surface area contributed by atoms with Crippen LogP contribution in [0.15, 0.2) is 48.5 Å². The Morgan fingerprint density at radius 2 is 1.90 bits per heavy atom. The molecule has 1 aliphatic rings. The summed E-state index contributed by atoms with van der Waals surface area (Å²) in [5, 5.41) is 0. The Hall–Kier alpha value is -2.13. The van der Waals surface area contributed by atoms with Crippen LogP contribution in [0.2, 0.25) is 0 Å². The average Bonchev–Trinajstić information content (AvgIpc) is 3.20. The van der Waals surface area contributed by atoms with Gasteiger partial charge in [0, 0.05) is 17.5 Å². The molecule has 20 heavy (non-hydrogen) atoms. The third-order valence-electron chi connectivity index (χ3n) is 4.39. The molecule has 0 bridgehead atoms. The van der Waals surface area contributed by atoms with Crippen molar-refractivity contribution in [3.63, 3.8) is 0 Å². The second-order valence-corrected chi connectivity index (χ2v) is 5.67. The summed E-state index contributed by atoms with van der Waals surface area (Å²) in [6.45, 7) is 0.734. The van der Waals surface area contributed by atoms with E-state index >= 15 is 0 Å². The predicted octanol–water partition coefficient (Wildman–Crippen LogP) is 3.22. The fraction of sp³-hybridized carbons (Fsp3) is 0.235. The van der Waals surface area contributed by atoms with Crippen LogP contribution in [-0.2, 0) is 5.41 Å². The number of nitrogens with one attached hydrogen (secondary N) is 1. The quantitative estimate of drug-likeness (QED) is 0.762. The van der Waals surface area contributed by atoms with Gasteiger partial charge in [0.25, 0.3) is 0 Å². The van der Waals surface area contributed by atoms with Gasteiger partial charge in [0.15, 0.2) is 0 Å². The summed E-state index contributed by atoms with van der Waals surface area (Å²) in [4.78, 5) is 8.09. The molecule has 1 heterocycles. The van der Waals surface area contributed by atoms with Gasteiger partial charge in [0.1, 0.15) is 5.82 Å². The van der Waals surface area contributed by atoms with Crippen molar-refractivity contribution in [2.45, 2.75) is 18.3 Å². The lowest BCUT2D eigenvalue weighted by molar-refractivity contribution is 0.706. The highest BCUT2D eigenvalue weighted by Gasteiger charge is 2.42.